The molecule has 0 aliphatic heterocycles. The topological polar surface area (TPSA) is 21.9 Å². The molecule has 7 rings (SSSR count). The fourth-order valence-corrected chi connectivity index (χ4v) is 5.43. The third-order valence-corrected chi connectivity index (χ3v) is 7.07. The molecule has 0 aliphatic carbocycles. The monoisotopic (exact) mass is 439 g/mol. The van der Waals surface area contributed by atoms with Gasteiger partial charge in [-0.05, 0) is 48.9 Å². The smallest absolute Gasteiger partial charge is 0.215 e. The summed E-state index contributed by atoms with van der Waals surface area (Å²) in [5.74, 6) is 0. The Kier molecular flexibility index (Phi) is 3.97. The molecule has 0 saturated carbocycles. The first kappa shape index (κ1) is 19.1. The Labute approximate surface area is 197 Å². The zero-order valence-corrected chi connectivity index (χ0v) is 19.1. The molecule has 0 unspecified atom stereocenters. The molecule has 0 amide bonds. The second-order valence-corrected chi connectivity index (χ2v) is 8.99. The molecular weight excluding hydrogens is 416 g/mol. The van der Waals surface area contributed by atoms with Crippen LogP contribution in [0.5, 0.6) is 0 Å². The van der Waals surface area contributed by atoms with Crippen LogP contribution in [0.2, 0.25) is 0 Å². The first-order valence-electron chi connectivity index (χ1n) is 11.6. The zero-order chi connectivity index (χ0) is 22.8. The lowest BCUT2D eigenvalue weighted by molar-refractivity contribution is -0.633. The third kappa shape index (κ3) is 2.61. The van der Waals surface area contributed by atoms with Gasteiger partial charge in [0.15, 0.2) is 0 Å². The van der Waals surface area contributed by atoms with Gasteiger partial charge in [0.05, 0.1) is 28.4 Å². The van der Waals surface area contributed by atoms with Crippen molar-refractivity contribution in [3.63, 3.8) is 0 Å². The average molecular weight is 440 g/mol. The summed E-state index contributed by atoms with van der Waals surface area (Å²) >= 11 is 0. The van der Waals surface area contributed by atoms with Crippen LogP contribution >= 0.6 is 0 Å². The summed E-state index contributed by atoms with van der Waals surface area (Å²) < 4.78 is 10.4. The van der Waals surface area contributed by atoms with Crippen LogP contribution in [0.4, 0.5) is 0 Å². The fraction of sp³-hybridized carbons (Fsp3) is 0.0645. The Morgan fingerprint density at radius 3 is 2.09 bits per heavy atom. The molecule has 34 heavy (non-hydrogen) atoms. The summed E-state index contributed by atoms with van der Waals surface area (Å²) in [6.45, 7) is 2.16. The highest BCUT2D eigenvalue weighted by Crippen LogP contribution is 2.36. The Balaban J connectivity index is 1.65. The van der Waals surface area contributed by atoms with Gasteiger partial charge in [0.25, 0.3) is 0 Å². The van der Waals surface area contributed by atoms with Crippen LogP contribution in [-0.4, -0.2) is 4.57 Å². The number of rotatable bonds is 2. The van der Waals surface area contributed by atoms with Crippen LogP contribution in [0, 0.1) is 6.92 Å². The number of aryl methyl sites for hydroxylation is 2. The minimum atomic E-state index is 0.923. The van der Waals surface area contributed by atoms with Gasteiger partial charge in [-0.25, -0.2) is 0 Å². The number of pyridine rings is 1. The van der Waals surface area contributed by atoms with Crippen molar-refractivity contribution in [1.29, 1.82) is 0 Å². The second kappa shape index (κ2) is 7.06. The molecule has 3 heteroatoms. The molecule has 0 aliphatic rings. The predicted octanol–water partition coefficient (Wildman–Crippen LogP) is 7.48. The summed E-state index contributed by atoms with van der Waals surface area (Å²) in [6, 6.07) is 34.8. The maximum absolute atomic E-state index is 5.66. The third-order valence-electron chi connectivity index (χ3n) is 7.07. The lowest BCUT2D eigenvalue weighted by Gasteiger charge is -2.14. The van der Waals surface area contributed by atoms with E-state index in [-0.39, 0.29) is 0 Å². The molecule has 0 radical (unpaired) electrons. The molecule has 162 valence electrons. The molecule has 0 atom stereocenters. The van der Waals surface area contributed by atoms with E-state index in [1.54, 1.807) is 6.26 Å². The zero-order valence-electron chi connectivity index (χ0n) is 19.1. The maximum atomic E-state index is 5.66. The number of hydrogen-bond donors (Lipinski definition) is 0. The van der Waals surface area contributed by atoms with Gasteiger partial charge in [-0.1, -0.05) is 48.5 Å². The number of para-hydroxylation sites is 3. The van der Waals surface area contributed by atoms with Gasteiger partial charge in [0.2, 0.25) is 11.2 Å². The van der Waals surface area contributed by atoms with E-state index in [4.69, 9.17) is 4.42 Å². The van der Waals surface area contributed by atoms with E-state index in [2.05, 4.69) is 114 Å². The van der Waals surface area contributed by atoms with E-state index >= 15 is 0 Å². The van der Waals surface area contributed by atoms with Crippen LogP contribution in [0.3, 0.4) is 0 Å². The normalized spacial score (nSPS) is 11.8. The first-order valence-corrected chi connectivity index (χ1v) is 11.6. The number of aromatic nitrogens is 2. The van der Waals surface area contributed by atoms with Gasteiger partial charge in [-0.2, -0.15) is 4.57 Å². The van der Waals surface area contributed by atoms with Crippen LogP contribution in [-0.2, 0) is 7.05 Å². The Bertz CT molecular complexity index is 1830. The molecule has 7 aromatic rings. The quantitative estimate of drug-likeness (QED) is 0.256. The molecule has 3 aromatic heterocycles. The van der Waals surface area contributed by atoms with Crippen molar-refractivity contribution in [2.75, 3.05) is 0 Å². The number of nitrogens with zero attached hydrogens (tertiary/aromatic N) is 2. The van der Waals surface area contributed by atoms with Crippen molar-refractivity contribution in [2.24, 2.45) is 7.05 Å². The molecule has 3 nitrogen and oxygen atoms in total. The summed E-state index contributed by atoms with van der Waals surface area (Å²) in [5.41, 5.74) is 9.33. The van der Waals surface area contributed by atoms with E-state index in [9.17, 15) is 0 Å². The van der Waals surface area contributed by atoms with Crippen LogP contribution < -0.4 is 4.57 Å². The number of furan rings is 1. The first-order chi connectivity index (χ1) is 16.7. The summed E-state index contributed by atoms with van der Waals surface area (Å²) in [5, 5.41) is 4.88. The number of fused-ring (bicyclic) bond motifs is 5. The van der Waals surface area contributed by atoms with Crippen molar-refractivity contribution >= 4 is 43.7 Å². The van der Waals surface area contributed by atoms with Crippen molar-refractivity contribution in [1.82, 2.24) is 4.57 Å². The van der Waals surface area contributed by atoms with Gasteiger partial charge < -0.3 is 8.98 Å². The number of hydrogen-bond acceptors (Lipinski definition) is 1. The lowest BCUT2D eigenvalue weighted by Crippen LogP contribution is -2.32. The van der Waals surface area contributed by atoms with E-state index < -0.39 is 0 Å². The van der Waals surface area contributed by atoms with E-state index in [0.29, 0.717) is 0 Å². The van der Waals surface area contributed by atoms with Crippen LogP contribution in [0.25, 0.3) is 60.6 Å². The SMILES string of the molecule is Cc1cc2occc2cc1-c1cc(-n2c3ccccc3c3ccccc32)c2ccccc2[n+]1C. The minimum absolute atomic E-state index is 0.923. The Hall–Kier alpha value is -4.37. The van der Waals surface area contributed by atoms with Crippen LogP contribution in [0.15, 0.2) is 108 Å². The molecule has 4 aromatic carbocycles. The summed E-state index contributed by atoms with van der Waals surface area (Å²) in [4.78, 5) is 0. The Morgan fingerprint density at radius 1 is 0.706 bits per heavy atom. The van der Waals surface area contributed by atoms with Crippen molar-refractivity contribution < 1.29 is 8.98 Å². The highest BCUT2D eigenvalue weighted by molar-refractivity contribution is 6.10. The number of benzene rings is 4. The standard InChI is InChI=1S/C31H23N2O/c1-20-17-31-21(15-16-34-31)18-25(20)29-19-30(24-11-5-6-12-26(24)32(29)2)33-27-13-7-3-9-22(27)23-10-4-8-14-28(23)33/h3-19H,1-2H3/q+1. The highest BCUT2D eigenvalue weighted by Gasteiger charge is 2.23. The molecule has 0 saturated heterocycles. The second-order valence-electron chi connectivity index (χ2n) is 8.99. The molecule has 0 bridgehead atoms. The van der Waals surface area contributed by atoms with Crippen molar-refractivity contribution in [3.8, 4) is 16.9 Å². The maximum Gasteiger partial charge on any atom is 0.215 e. The molecule has 0 spiro atoms. The molecule has 3 heterocycles. The summed E-state index contributed by atoms with van der Waals surface area (Å²) in [7, 11) is 2.16. The molecular formula is C31H23N2O+. The van der Waals surface area contributed by atoms with E-state index in [1.165, 1.54) is 55.2 Å². The fourth-order valence-electron chi connectivity index (χ4n) is 5.43. The molecule has 0 N–H and O–H groups in total. The Morgan fingerprint density at radius 2 is 1.35 bits per heavy atom. The molecule has 0 fully saturated rings. The summed E-state index contributed by atoms with van der Waals surface area (Å²) in [6.07, 6.45) is 1.76. The minimum Gasteiger partial charge on any atom is -0.464 e. The van der Waals surface area contributed by atoms with Gasteiger partial charge in [-0.3, -0.25) is 0 Å². The highest BCUT2D eigenvalue weighted by atomic mass is 16.3. The van der Waals surface area contributed by atoms with Gasteiger partial charge in [0.1, 0.15) is 12.6 Å². The van der Waals surface area contributed by atoms with E-state index in [0.717, 1.165) is 11.0 Å². The van der Waals surface area contributed by atoms with Crippen molar-refractivity contribution in [3.05, 3.63) is 109 Å². The van der Waals surface area contributed by atoms with E-state index in [1.807, 2.05) is 6.07 Å². The van der Waals surface area contributed by atoms with Crippen LogP contribution in [0.1, 0.15) is 5.56 Å². The largest absolute Gasteiger partial charge is 0.464 e. The van der Waals surface area contributed by atoms with Gasteiger partial charge in [-0.15, -0.1) is 0 Å². The predicted molar refractivity (Wildman–Crippen MR) is 139 cm³/mol. The van der Waals surface area contributed by atoms with Crippen molar-refractivity contribution in [2.45, 2.75) is 6.92 Å². The van der Waals surface area contributed by atoms with Gasteiger partial charge >= 0.3 is 0 Å². The average Bonchev–Trinajstić information content (AvgIpc) is 3.46. The van der Waals surface area contributed by atoms with Gasteiger partial charge in [0, 0.05) is 33.9 Å². The lowest BCUT2D eigenvalue weighted by atomic mass is 10.0.